The van der Waals surface area contributed by atoms with Crippen LogP contribution in [0.2, 0.25) is 0 Å². The highest BCUT2D eigenvalue weighted by Crippen LogP contribution is 2.27. The molecule has 1 aromatic rings. The van der Waals surface area contributed by atoms with Crippen molar-refractivity contribution in [2.45, 2.75) is 64.7 Å². The summed E-state index contributed by atoms with van der Waals surface area (Å²) in [5, 5.41) is 3.60. The molecule has 1 fully saturated rings. The van der Waals surface area contributed by atoms with E-state index in [1.807, 2.05) is 0 Å². The maximum Gasteiger partial charge on any atom is 0.0583 e. The Hall–Kier alpha value is -0.380. The van der Waals surface area contributed by atoms with Crippen LogP contribution in [0.15, 0.2) is 28.7 Å². The van der Waals surface area contributed by atoms with Crippen molar-refractivity contribution in [3.05, 3.63) is 34.3 Å². The van der Waals surface area contributed by atoms with Crippen LogP contribution in [-0.2, 0) is 11.2 Å². The molecule has 1 N–H and O–H groups in total. The van der Waals surface area contributed by atoms with Crippen molar-refractivity contribution in [2.75, 3.05) is 6.54 Å². The molecule has 0 spiro atoms. The minimum Gasteiger partial charge on any atom is -0.375 e. The fourth-order valence-electron chi connectivity index (χ4n) is 3.05. The first kappa shape index (κ1) is 17.0. The Kier molecular flexibility index (Phi) is 6.72. The van der Waals surface area contributed by atoms with Gasteiger partial charge in [0.05, 0.1) is 12.2 Å². The minimum absolute atomic E-state index is 0.442. The number of halogens is 1. The van der Waals surface area contributed by atoms with E-state index in [9.17, 15) is 0 Å². The second-order valence-corrected chi connectivity index (χ2v) is 7.46. The fraction of sp³-hybridized carbons (Fsp3) is 0.667. The van der Waals surface area contributed by atoms with Gasteiger partial charge in [-0.25, -0.2) is 0 Å². The van der Waals surface area contributed by atoms with Gasteiger partial charge in [0.15, 0.2) is 0 Å². The number of hydrogen-bond acceptors (Lipinski definition) is 2. The van der Waals surface area contributed by atoms with E-state index in [-0.39, 0.29) is 0 Å². The zero-order valence-corrected chi connectivity index (χ0v) is 15.0. The zero-order valence-electron chi connectivity index (χ0n) is 13.4. The van der Waals surface area contributed by atoms with Crippen LogP contribution >= 0.6 is 15.9 Å². The van der Waals surface area contributed by atoms with Crippen molar-refractivity contribution in [1.82, 2.24) is 5.32 Å². The molecule has 0 aromatic heterocycles. The van der Waals surface area contributed by atoms with Gasteiger partial charge in [-0.3, -0.25) is 0 Å². The third kappa shape index (κ3) is 5.72. The first-order valence-electron chi connectivity index (χ1n) is 8.17. The molecule has 118 valence electrons. The quantitative estimate of drug-likeness (QED) is 0.775. The maximum atomic E-state index is 6.03. The predicted octanol–water partition coefficient (Wildman–Crippen LogP) is 4.56. The molecule has 3 atom stereocenters. The summed E-state index contributed by atoms with van der Waals surface area (Å²) < 4.78 is 7.25. The lowest BCUT2D eigenvalue weighted by molar-refractivity contribution is 0.0406. The van der Waals surface area contributed by atoms with Crippen molar-refractivity contribution in [3.8, 4) is 0 Å². The summed E-state index contributed by atoms with van der Waals surface area (Å²) in [4.78, 5) is 0. The highest BCUT2D eigenvalue weighted by molar-refractivity contribution is 9.10. The predicted molar refractivity (Wildman–Crippen MR) is 92.7 cm³/mol. The number of benzene rings is 1. The average Bonchev–Trinajstić information content (AvgIpc) is 2.84. The van der Waals surface area contributed by atoms with Crippen LogP contribution in [0, 0.1) is 5.92 Å². The summed E-state index contributed by atoms with van der Waals surface area (Å²) in [5.41, 5.74) is 1.40. The van der Waals surface area contributed by atoms with Crippen LogP contribution in [0.5, 0.6) is 0 Å². The smallest absolute Gasteiger partial charge is 0.0583 e. The third-order valence-corrected chi connectivity index (χ3v) is 4.97. The summed E-state index contributed by atoms with van der Waals surface area (Å²) in [5.74, 6) is 0.626. The lowest BCUT2D eigenvalue weighted by Gasteiger charge is -2.23. The van der Waals surface area contributed by atoms with Gasteiger partial charge in [0.1, 0.15) is 0 Å². The van der Waals surface area contributed by atoms with Gasteiger partial charge in [0, 0.05) is 10.5 Å². The maximum absolute atomic E-state index is 6.03. The Morgan fingerprint density at radius 2 is 2.05 bits per heavy atom. The SMILES string of the molecule is CC(C)NCC(Cc1ccccc1Br)CC1CCC(C)O1. The van der Waals surface area contributed by atoms with Gasteiger partial charge in [-0.2, -0.15) is 0 Å². The van der Waals surface area contributed by atoms with Crippen LogP contribution in [0.25, 0.3) is 0 Å². The van der Waals surface area contributed by atoms with Crippen LogP contribution in [0.1, 0.15) is 45.6 Å². The molecule has 1 aliphatic heterocycles. The van der Waals surface area contributed by atoms with Crippen LogP contribution < -0.4 is 5.32 Å². The van der Waals surface area contributed by atoms with E-state index < -0.39 is 0 Å². The van der Waals surface area contributed by atoms with E-state index in [1.54, 1.807) is 0 Å². The van der Waals surface area contributed by atoms with E-state index in [2.05, 4.69) is 66.3 Å². The molecule has 3 heteroatoms. The molecule has 2 rings (SSSR count). The number of hydrogen-bond donors (Lipinski definition) is 1. The monoisotopic (exact) mass is 353 g/mol. The molecule has 3 unspecified atom stereocenters. The fourth-order valence-corrected chi connectivity index (χ4v) is 3.49. The Bertz CT molecular complexity index is 435. The van der Waals surface area contributed by atoms with E-state index in [0.29, 0.717) is 24.2 Å². The van der Waals surface area contributed by atoms with Gasteiger partial charge in [0.2, 0.25) is 0 Å². The van der Waals surface area contributed by atoms with Gasteiger partial charge in [-0.1, -0.05) is 48.0 Å². The average molecular weight is 354 g/mol. The van der Waals surface area contributed by atoms with Crippen molar-refractivity contribution in [1.29, 1.82) is 0 Å². The van der Waals surface area contributed by atoms with Crippen LogP contribution in [-0.4, -0.2) is 24.8 Å². The number of ether oxygens (including phenoxy) is 1. The number of rotatable bonds is 7. The van der Waals surface area contributed by atoms with Gasteiger partial charge in [-0.05, 0) is 56.7 Å². The Labute approximate surface area is 137 Å². The standard InChI is InChI=1S/C18H28BrNO/c1-13(2)20-12-15(11-17-9-8-14(3)21-17)10-16-6-4-5-7-18(16)19/h4-7,13-15,17,20H,8-12H2,1-3H3. The molecule has 1 aliphatic rings. The largest absolute Gasteiger partial charge is 0.375 e. The summed E-state index contributed by atoms with van der Waals surface area (Å²) in [6.07, 6.45) is 5.58. The first-order valence-corrected chi connectivity index (χ1v) is 8.96. The van der Waals surface area contributed by atoms with Crippen molar-refractivity contribution in [2.24, 2.45) is 5.92 Å². The summed E-state index contributed by atoms with van der Waals surface area (Å²) >= 11 is 3.68. The second kappa shape index (κ2) is 8.30. The molecule has 0 amide bonds. The molecular formula is C18H28BrNO. The van der Waals surface area contributed by atoms with Gasteiger partial charge in [-0.15, -0.1) is 0 Å². The van der Waals surface area contributed by atoms with Gasteiger partial charge >= 0.3 is 0 Å². The Balaban J connectivity index is 1.96. The van der Waals surface area contributed by atoms with E-state index in [0.717, 1.165) is 19.4 Å². The highest BCUT2D eigenvalue weighted by Gasteiger charge is 2.25. The Morgan fingerprint density at radius 1 is 1.29 bits per heavy atom. The van der Waals surface area contributed by atoms with Crippen molar-refractivity contribution in [3.63, 3.8) is 0 Å². The first-order chi connectivity index (χ1) is 10.0. The molecule has 0 saturated carbocycles. The Morgan fingerprint density at radius 3 is 2.67 bits per heavy atom. The molecular weight excluding hydrogens is 326 g/mol. The minimum atomic E-state index is 0.442. The lowest BCUT2D eigenvalue weighted by atomic mass is 9.92. The van der Waals surface area contributed by atoms with Crippen LogP contribution in [0.3, 0.4) is 0 Å². The molecule has 2 nitrogen and oxygen atoms in total. The molecule has 1 heterocycles. The lowest BCUT2D eigenvalue weighted by Crippen LogP contribution is -2.32. The molecule has 0 bridgehead atoms. The second-order valence-electron chi connectivity index (χ2n) is 6.61. The van der Waals surface area contributed by atoms with E-state index in [4.69, 9.17) is 4.74 Å². The van der Waals surface area contributed by atoms with Crippen molar-refractivity contribution < 1.29 is 4.74 Å². The zero-order chi connectivity index (χ0) is 15.2. The van der Waals surface area contributed by atoms with E-state index in [1.165, 1.54) is 22.9 Å². The summed E-state index contributed by atoms with van der Waals surface area (Å²) in [7, 11) is 0. The summed E-state index contributed by atoms with van der Waals surface area (Å²) in [6.45, 7) is 7.68. The third-order valence-electron chi connectivity index (χ3n) is 4.20. The molecule has 21 heavy (non-hydrogen) atoms. The van der Waals surface area contributed by atoms with Crippen LogP contribution in [0.4, 0.5) is 0 Å². The number of nitrogens with one attached hydrogen (secondary N) is 1. The summed E-state index contributed by atoms with van der Waals surface area (Å²) in [6, 6.07) is 9.11. The van der Waals surface area contributed by atoms with Gasteiger partial charge < -0.3 is 10.1 Å². The molecule has 0 radical (unpaired) electrons. The molecule has 1 aromatic carbocycles. The van der Waals surface area contributed by atoms with Crippen molar-refractivity contribution >= 4 is 15.9 Å². The van der Waals surface area contributed by atoms with Gasteiger partial charge in [0.25, 0.3) is 0 Å². The topological polar surface area (TPSA) is 21.3 Å². The normalized spacial score (nSPS) is 23.7. The van der Waals surface area contributed by atoms with E-state index >= 15 is 0 Å². The highest BCUT2D eigenvalue weighted by atomic mass is 79.9. The molecule has 1 saturated heterocycles. The molecule has 0 aliphatic carbocycles.